The summed E-state index contributed by atoms with van der Waals surface area (Å²) in [7, 11) is 0. The lowest BCUT2D eigenvalue weighted by atomic mass is 9.97. The predicted octanol–water partition coefficient (Wildman–Crippen LogP) is -0.499. The van der Waals surface area contributed by atoms with E-state index in [1.54, 1.807) is 0 Å². The fraction of sp³-hybridized carbons (Fsp3) is 0.333. The Bertz CT molecular complexity index is 1990. The van der Waals surface area contributed by atoms with Crippen molar-refractivity contribution in [2.45, 2.75) is 61.4 Å². The van der Waals surface area contributed by atoms with Gasteiger partial charge in [-0.05, 0) is 48.0 Å². The standard InChI is InChI=1S/C36H36O18/c37-13-25-28(44)30(46)32(48)35(52-25)54-34-31(47)29(45)26(14-49-27(43)8-3-15-1-5-17(38)6-2-15)53-36(34)51-24-12-19-21(41)10-18(39)11-23(19)50-33(24)16-4-7-20(40)22(42)9-16/h1-12,25-26,28-32,34-38,40-42,44-48H,13-14H2/t25-,26-,28-,29-,30+,31+,32-,34+,35+,36-/m1/s1. The van der Waals surface area contributed by atoms with Crippen molar-refractivity contribution in [3.8, 4) is 51.4 Å². The smallest absolute Gasteiger partial charge is 0.330 e. The van der Waals surface area contributed by atoms with Crippen LogP contribution in [0.2, 0.25) is 0 Å². The number of carbonyl (C=O) groups excluding carboxylic acids is 1. The molecule has 0 amide bonds. The van der Waals surface area contributed by atoms with Crippen LogP contribution >= 0.6 is 0 Å². The van der Waals surface area contributed by atoms with E-state index >= 15 is 0 Å². The van der Waals surface area contributed by atoms with Gasteiger partial charge >= 0.3 is 5.97 Å². The van der Waals surface area contributed by atoms with E-state index in [9.17, 15) is 60.7 Å². The number of aromatic hydroxyl groups is 4. The number of rotatable bonds is 10. The van der Waals surface area contributed by atoms with Crippen LogP contribution in [0.4, 0.5) is 0 Å². The summed E-state index contributed by atoms with van der Waals surface area (Å²) >= 11 is 0. The van der Waals surface area contributed by atoms with Gasteiger partial charge in [-0.1, -0.05) is 12.1 Å². The highest BCUT2D eigenvalue weighted by molar-refractivity contribution is 5.87. The molecule has 2 aromatic carbocycles. The van der Waals surface area contributed by atoms with Crippen LogP contribution < -0.4 is 10.2 Å². The maximum Gasteiger partial charge on any atom is 0.330 e. The molecule has 18 heteroatoms. The third-order valence-electron chi connectivity index (χ3n) is 8.76. The van der Waals surface area contributed by atoms with E-state index in [0.29, 0.717) is 5.56 Å². The van der Waals surface area contributed by atoms with E-state index in [2.05, 4.69) is 0 Å². The van der Waals surface area contributed by atoms with Gasteiger partial charge in [0.2, 0.25) is 6.29 Å². The van der Waals surface area contributed by atoms with Crippen LogP contribution in [0.25, 0.3) is 28.7 Å². The van der Waals surface area contributed by atoms with Crippen molar-refractivity contribution in [1.82, 2.24) is 0 Å². The fourth-order valence-corrected chi connectivity index (χ4v) is 5.83. The topological polar surface area (TPSA) is 296 Å². The number of benzene rings is 3. The Morgan fingerprint density at radius 3 is 2.15 bits per heavy atom. The van der Waals surface area contributed by atoms with Crippen LogP contribution in [0.1, 0.15) is 5.56 Å². The molecule has 0 spiro atoms. The van der Waals surface area contributed by atoms with Crippen molar-refractivity contribution >= 4 is 12.0 Å². The fourth-order valence-electron chi connectivity index (χ4n) is 5.83. The number of phenolic OH excluding ortho intramolecular Hbond substituents is 4. The molecule has 0 unspecified atom stereocenters. The second-order valence-corrected chi connectivity index (χ2v) is 12.5. The lowest BCUT2D eigenvalue weighted by Gasteiger charge is -2.46. The van der Waals surface area contributed by atoms with Crippen LogP contribution in [-0.2, 0) is 23.7 Å². The van der Waals surface area contributed by atoms with Gasteiger partial charge in [0.15, 0.2) is 40.8 Å². The molecule has 0 radical (unpaired) electrons. The Hall–Kier alpha value is -5.28. The maximum absolute atomic E-state index is 12.6. The van der Waals surface area contributed by atoms with E-state index in [-0.39, 0.29) is 34.1 Å². The molecule has 54 heavy (non-hydrogen) atoms. The first-order valence-electron chi connectivity index (χ1n) is 16.4. The molecule has 18 nitrogen and oxygen atoms in total. The van der Waals surface area contributed by atoms with Crippen molar-refractivity contribution in [3.05, 3.63) is 82.5 Å². The second-order valence-electron chi connectivity index (χ2n) is 12.5. The Kier molecular flexibility index (Phi) is 11.4. The van der Waals surface area contributed by atoms with Crippen LogP contribution in [0.15, 0.2) is 76.0 Å². The average Bonchev–Trinajstić information content (AvgIpc) is 3.14. The van der Waals surface area contributed by atoms with Gasteiger partial charge in [-0.3, -0.25) is 4.79 Å². The number of esters is 1. The number of ether oxygens (including phenoxy) is 5. The van der Waals surface area contributed by atoms with Gasteiger partial charge in [0, 0.05) is 23.8 Å². The summed E-state index contributed by atoms with van der Waals surface area (Å²) in [5, 5.41) is 104. The molecule has 3 aliphatic heterocycles. The van der Waals surface area contributed by atoms with Gasteiger partial charge in [0.05, 0.1) is 12.2 Å². The predicted molar refractivity (Wildman–Crippen MR) is 180 cm³/mol. The van der Waals surface area contributed by atoms with Gasteiger partial charge in [0.1, 0.15) is 66.6 Å². The summed E-state index contributed by atoms with van der Waals surface area (Å²) in [6, 6.07) is 12.6. The molecule has 4 aliphatic rings. The lowest BCUT2D eigenvalue weighted by Crippen LogP contribution is -2.65. The van der Waals surface area contributed by atoms with E-state index in [4.69, 9.17) is 28.1 Å². The number of fused-ring (bicyclic) bond motifs is 1. The van der Waals surface area contributed by atoms with Gasteiger partial charge in [0.25, 0.3) is 0 Å². The zero-order valence-electron chi connectivity index (χ0n) is 27.9. The van der Waals surface area contributed by atoms with E-state index in [0.717, 1.165) is 30.3 Å². The molecule has 2 aromatic rings. The molecule has 6 rings (SSSR count). The molecule has 0 saturated carbocycles. The molecular weight excluding hydrogens is 720 g/mol. The monoisotopic (exact) mass is 756 g/mol. The summed E-state index contributed by atoms with van der Waals surface area (Å²) in [5.74, 6) is -3.11. The summed E-state index contributed by atoms with van der Waals surface area (Å²) in [5.41, 5.74) is -0.0588. The summed E-state index contributed by atoms with van der Waals surface area (Å²) < 4.78 is 34.5. The number of hydrogen-bond acceptors (Lipinski definition) is 18. The molecule has 2 fully saturated rings. The maximum atomic E-state index is 12.6. The number of hydrogen-bond donors (Lipinski definition) is 10. The highest BCUT2D eigenvalue weighted by Gasteiger charge is 2.52. The van der Waals surface area contributed by atoms with Gasteiger partial charge in [-0.25, -0.2) is 4.79 Å². The first-order valence-corrected chi connectivity index (χ1v) is 16.4. The van der Waals surface area contributed by atoms with E-state index in [1.807, 2.05) is 0 Å². The number of phenols is 4. The number of aliphatic hydroxyl groups excluding tert-OH is 6. The Morgan fingerprint density at radius 1 is 0.741 bits per heavy atom. The molecule has 288 valence electrons. The minimum Gasteiger partial charge on any atom is -0.508 e. The van der Waals surface area contributed by atoms with Gasteiger partial charge < -0.3 is 79.2 Å². The highest BCUT2D eigenvalue weighted by atomic mass is 16.8. The summed E-state index contributed by atoms with van der Waals surface area (Å²) in [6.07, 6.45) is -15.5. The van der Waals surface area contributed by atoms with Crippen LogP contribution in [0.5, 0.6) is 28.7 Å². The summed E-state index contributed by atoms with van der Waals surface area (Å²) in [6.45, 7) is -1.49. The number of aliphatic hydroxyl groups is 6. The molecule has 0 aromatic heterocycles. The van der Waals surface area contributed by atoms with Crippen molar-refractivity contribution in [2.24, 2.45) is 0 Å². The second kappa shape index (κ2) is 16.0. The first kappa shape index (κ1) is 38.4. The molecule has 2 saturated heterocycles. The van der Waals surface area contributed by atoms with Crippen LogP contribution in [-0.4, -0.2) is 132 Å². The van der Waals surface area contributed by atoms with Crippen LogP contribution in [0, 0.1) is 0 Å². The van der Waals surface area contributed by atoms with Crippen LogP contribution in [0.3, 0.4) is 0 Å². The SMILES string of the molecule is O=C(C=Cc1ccc(O)cc1)OC[C@H]1O[C@@H](Oc2cc3c(O)cc(=O)cc-3oc2-c2ccc(O)c(O)c2)[C@@H](O[C@@H]2O[C@H](CO)[C@@H](O)[C@H](O)[C@H]2O)[C@@H](O)[C@@H]1O. The van der Waals surface area contributed by atoms with Gasteiger partial charge in [-0.15, -0.1) is 0 Å². The molecular formula is C36H36O18. The Labute approximate surface area is 304 Å². The Morgan fingerprint density at radius 2 is 1.44 bits per heavy atom. The van der Waals surface area contributed by atoms with Crippen molar-refractivity contribution in [2.75, 3.05) is 13.2 Å². The largest absolute Gasteiger partial charge is 0.508 e. The quantitative estimate of drug-likeness (QED) is 0.0554. The normalized spacial score (nSPS) is 28.6. The minimum atomic E-state index is -1.98. The average molecular weight is 757 g/mol. The lowest BCUT2D eigenvalue weighted by molar-refractivity contribution is -0.357. The van der Waals surface area contributed by atoms with Crippen molar-refractivity contribution in [3.63, 3.8) is 0 Å². The van der Waals surface area contributed by atoms with Crippen molar-refractivity contribution < 1.29 is 84.0 Å². The third-order valence-corrected chi connectivity index (χ3v) is 8.76. The van der Waals surface area contributed by atoms with E-state index in [1.165, 1.54) is 42.5 Å². The third kappa shape index (κ3) is 8.11. The molecule has 0 bridgehead atoms. The van der Waals surface area contributed by atoms with E-state index < -0.39 is 103 Å². The zero-order valence-corrected chi connectivity index (χ0v) is 27.9. The molecule has 10 atom stereocenters. The Balaban J connectivity index is 1.35. The zero-order chi connectivity index (χ0) is 38.8. The minimum absolute atomic E-state index is 0.0152. The highest BCUT2D eigenvalue weighted by Crippen LogP contribution is 2.43. The molecule has 10 N–H and O–H groups in total. The molecule has 3 heterocycles. The molecule has 1 aliphatic carbocycles. The van der Waals surface area contributed by atoms with Gasteiger partial charge in [-0.2, -0.15) is 0 Å². The first-order chi connectivity index (χ1) is 25.7. The van der Waals surface area contributed by atoms with Crippen molar-refractivity contribution in [1.29, 1.82) is 0 Å². The number of carbonyl (C=O) groups is 1. The summed E-state index contributed by atoms with van der Waals surface area (Å²) in [4.78, 5) is 24.8.